The number of carbonyl (C=O) groups excluding carboxylic acids is 8. The van der Waals surface area contributed by atoms with Gasteiger partial charge in [-0.25, -0.2) is 0 Å². The highest BCUT2D eigenvalue weighted by molar-refractivity contribution is 6.15. The Labute approximate surface area is 875 Å². The van der Waals surface area contributed by atoms with Crippen LogP contribution in [0.25, 0.3) is 0 Å². The molecule has 4 atom stereocenters. The summed E-state index contributed by atoms with van der Waals surface area (Å²) in [6, 6.07) is 3.23. The van der Waals surface area contributed by atoms with E-state index in [0.29, 0.717) is 92.2 Å². The van der Waals surface area contributed by atoms with E-state index in [0.717, 1.165) is 193 Å². The van der Waals surface area contributed by atoms with E-state index in [9.17, 15) is 38.4 Å². The van der Waals surface area contributed by atoms with Crippen LogP contribution in [0.1, 0.15) is 696 Å². The van der Waals surface area contributed by atoms with E-state index in [1.807, 2.05) is 0 Å². The molecule has 4 unspecified atom stereocenters. The minimum absolute atomic E-state index is 0.0977. The molecule has 12 heteroatoms. The summed E-state index contributed by atoms with van der Waals surface area (Å²) in [7, 11) is 0. The number of rotatable bonds is 107. The van der Waals surface area contributed by atoms with Crippen molar-refractivity contribution < 1.29 is 38.4 Å². The van der Waals surface area contributed by atoms with Gasteiger partial charge in [0.05, 0.1) is 17.5 Å². The van der Waals surface area contributed by atoms with Crippen LogP contribution in [-0.2, 0) is 19.2 Å². The molecule has 4 N–H and O–H groups in total. The van der Waals surface area contributed by atoms with Gasteiger partial charge in [-0.15, -0.1) is 0 Å². The lowest BCUT2D eigenvalue weighted by Gasteiger charge is -2.19. The maximum atomic E-state index is 14.4. The Bertz CT molecular complexity index is 3080. The van der Waals surface area contributed by atoms with Crippen LogP contribution in [0.4, 0.5) is 0 Å². The average Bonchev–Trinajstić information content (AvgIpc) is 0.782. The Morgan fingerprint density at radius 3 is 0.794 bits per heavy atom. The van der Waals surface area contributed by atoms with Crippen LogP contribution < -0.4 is 21.3 Å². The molecule has 0 saturated heterocycles. The number of allylic oxidation sites excluding steroid dienone is 2. The second-order valence-corrected chi connectivity index (χ2v) is 43.7. The lowest BCUT2D eigenvalue weighted by atomic mass is 9.88. The van der Waals surface area contributed by atoms with Crippen LogP contribution in [0.2, 0.25) is 0 Å². The number of ketones is 4. The smallest absolute Gasteiger partial charge is 0.252 e. The average molecular weight is 1970 g/mol. The van der Waals surface area contributed by atoms with Gasteiger partial charge in [0.1, 0.15) is 0 Å². The zero-order valence-electron chi connectivity index (χ0n) is 95.9. The summed E-state index contributed by atoms with van der Waals surface area (Å²) in [6.07, 6.45) is 108. The maximum Gasteiger partial charge on any atom is 0.252 e. The van der Waals surface area contributed by atoms with Crippen LogP contribution in [0.15, 0.2) is 47.6 Å². The van der Waals surface area contributed by atoms with Crippen molar-refractivity contribution in [1.82, 2.24) is 21.3 Å². The number of nitrogens with one attached hydrogen (secondary N) is 4. The third kappa shape index (κ3) is 79.8. The molecule has 0 spiro atoms. The normalized spacial score (nSPS) is 12.6. The van der Waals surface area contributed by atoms with Gasteiger partial charge < -0.3 is 21.3 Å². The summed E-state index contributed by atoms with van der Waals surface area (Å²) in [4.78, 5) is 113. The first kappa shape index (κ1) is 136. The Balaban J connectivity index is 0.00000278. The molecule has 0 fully saturated rings. The molecular weight excluding hydrogens is 1730 g/mol. The molecule has 0 aromatic heterocycles. The number of unbranched alkanes of at least 4 members (excludes halogenated alkanes) is 65. The largest absolute Gasteiger partial charge is 0.356 e. The molecule has 0 aliphatic carbocycles. The summed E-state index contributed by atoms with van der Waals surface area (Å²) in [5.74, 6) is 0.0171. The maximum absolute atomic E-state index is 14.4. The van der Waals surface area contributed by atoms with Crippen LogP contribution >= 0.6 is 0 Å². The second kappa shape index (κ2) is 104. The fraction of sp³-hybridized carbons (Fsp3) is 0.845. The molecule has 0 bridgehead atoms. The number of hydrogen-bond donors (Lipinski definition) is 4. The van der Waals surface area contributed by atoms with Crippen LogP contribution in [0.5, 0.6) is 0 Å². The van der Waals surface area contributed by atoms with Crippen molar-refractivity contribution in [3.8, 4) is 0 Å². The predicted molar refractivity (Wildman–Crippen MR) is 614 cm³/mol. The summed E-state index contributed by atoms with van der Waals surface area (Å²) in [5, 5.41) is 12.5. The lowest BCUT2D eigenvalue weighted by Crippen LogP contribution is -2.32. The number of amides is 4. The number of benzene rings is 1. The molecule has 0 saturated carbocycles. The third-order valence-corrected chi connectivity index (χ3v) is 30.9. The molecule has 0 heterocycles. The second-order valence-electron chi connectivity index (χ2n) is 43.7. The van der Waals surface area contributed by atoms with Crippen LogP contribution in [-0.4, -0.2) is 72.9 Å². The van der Waals surface area contributed by atoms with Crippen molar-refractivity contribution >= 4 is 46.8 Å². The van der Waals surface area contributed by atoms with Gasteiger partial charge in [-0.1, -0.05) is 584 Å². The van der Waals surface area contributed by atoms with Crippen molar-refractivity contribution in [2.45, 2.75) is 655 Å². The highest BCUT2D eigenvalue weighted by Gasteiger charge is 2.29. The molecule has 0 radical (unpaired) electrons. The Kier molecular flexibility index (Phi) is 99.9. The first-order valence-electron chi connectivity index (χ1n) is 62.5. The lowest BCUT2D eigenvalue weighted by molar-refractivity contribution is -0.122. The highest BCUT2D eigenvalue weighted by Crippen LogP contribution is 2.31. The summed E-state index contributed by atoms with van der Waals surface area (Å²) >= 11 is 0. The standard InChI is InChI=1S/C65H120N2O4.C64H116N2O4/c1-8-15-19-21-23-25-27-29-31-33-35-37-39-41-43-45-53-66-64(70)56-59(62(68)51-49-57(12-5)47-17-10-3)55-61(63(69)52-50-58(13-6)48-18-11-4)60(14-7)65(71)67-54-46-44-42-40-38-36-34-32-30-28-26-24-22-20-16-9-2;1-7-13-17-19-21-23-25-27-29-31-32-34-36-38-40-42-44-48-61(67)57-52-58(62(68)50-49-55(11-5)46-15-9-3)59(53-60(57)64(70)66-54-56(12-6)47-16-10-4)63(69)65-51-45-43-41-39-37-35-33-30-28-26-24-22-20-18-14-8-2/h14,55,57-58H,7-13,15-54,56H2,1-6H3,(H,66,70)(H,67,71);52-53,55-56H,7-51,54H2,1-6H3,(H,65,69)(H,66,70)/b59-55+,61-60-;. The fourth-order valence-corrected chi connectivity index (χ4v) is 20.5. The summed E-state index contributed by atoms with van der Waals surface area (Å²) < 4.78 is 0. The third-order valence-electron chi connectivity index (χ3n) is 30.9. The van der Waals surface area contributed by atoms with Gasteiger partial charge >= 0.3 is 0 Å². The van der Waals surface area contributed by atoms with Gasteiger partial charge in [0.25, 0.3) is 17.7 Å². The summed E-state index contributed by atoms with van der Waals surface area (Å²) in [5.41, 5.74) is 1.83. The van der Waals surface area contributed by atoms with E-state index in [4.69, 9.17) is 0 Å². The zero-order valence-corrected chi connectivity index (χ0v) is 95.9. The van der Waals surface area contributed by atoms with E-state index in [1.165, 1.54) is 353 Å². The number of carbonyl (C=O) groups is 8. The van der Waals surface area contributed by atoms with Crippen LogP contribution in [0, 0.1) is 23.7 Å². The molecular formula is C129H236N4O8. The van der Waals surface area contributed by atoms with Crippen LogP contribution in [0.3, 0.4) is 0 Å². The molecule has 1 aromatic carbocycles. The predicted octanol–water partition coefficient (Wildman–Crippen LogP) is 39.7. The summed E-state index contributed by atoms with van der Waals surface area (Å²) in [6.45, 7) is 32.8. The molecule has 1 rings (SSSR count). The molecule has 12 nitrogen and oxygen atoms in total. The minimum atomic E-state index is -0.330. The molecule has 0 aliphatic rings. The van der Waals surface area contributed by atoms with E-state index in [2.05, 4.69) is 111 Å². The molecule has 4 amide bonds. The Hall–Kier alpha value is -5.00. The van der Waals surface area contributed by atoms with E-state index in [1.54, 1.807) is 18.2 Å². The van der Waals surface area contributed by atoms with Gasteiger partial charge in [0.2, 0.25) is 5.91 Å². The quantitative estimate of drug-likeness (QED) is 0.0215. The van der Waals surface area contributed by atoms with Crippen molar-refractivity contribution in [2.24, 2.45) is 23.7 Å². The first-order valence-corrected chi connectivity index (χ1v) is 62.5. The highest BCUT2D eigenvalue weighted by atomic mass is 16.2. The Morgan fingerprint density at radius 1 is 0.241 bits per heavy atom. The van der Waals surface area contributed by atoms with E-state index < -0.39 is 0 Å². The minimum Gasteiger partial charge on any atom is -0.356 e. The Morgan fingerprint density at radius 2 is 0.489 bits per heavy atom. The topological polar surface area (TPSA) is 185 Å². The number of Topliss-reactive ketones (excluding diaryl/α,β-unsaturated/α-hetero) is 4. The molecule has 141 heavy (non-hydrogen) atoms. The monoisotopic (exact) mass is 1970 g/mol. The first-order chi connectivity index (χ1) is 69.0. The van der Waals surface area contributed by atoms with Crippen molar-refractivity contribution in [3.05, 3.63) is 69.8 Å². The SMILES string of the molecule is C=C/C(C(=O)NCCCCCCCCCCCCCCCCCC)=C(\C=C(/CC(=O)NCCCCCCCCCCCCCCCCCC)C(=O)CCC(CC)CCCC)C(=O)CCC(CC)CCCC.CCCCCCCCCCCCCCCCCCCC(=O)c1cc(C(=O)CCC(CC)CCCC)c(C(=O)NCCCCCCCCCCCCCCCCCC)cc1C(=O)NCC(CC)CCCC. The molecule has 0 aliphatic heterocycles. The van der Waals surface area contributed by atoms with E-state index in [-0.39, 0.29) is 75.5 Å². The van der Waals surface area contributed by atoms with Gasteiger partial charge in [0, 0.05) is 79.7 Å². The fourth-order valence-electron chi connectivity index (χ4n) is 20.5. The molecule has 1 aromatic rings. The molecule has 820 valence electrons. The van der Waals surface area contributed by atoms with Gasteiger partial charge in [0.15, 0.2) is 23.1 Å². The van der Waals surface area contributed by atoms with Crippen molar-refractivity contribution in [3.63, 3.8) is 0 Å². The zero-order chi connectivity index (χ0) is 103. The van der Waals surface area contributed by atoms with Gasteiger partial charge in [-0.05, 0) is 93.2 Å². The van der Waals surface area contributed by atoms with Crippen molar-refractivity contribution in [1.29, 1.82) is 0 Å². The van der Waals surface area contributed by atoms with Gasteiger partial charge in [-0.3, -0.25) is 38.4 Å². The number of hydrogen-bond acceptors (Lipinski definition) is 8. The van der Waals surface area contributed by atoms with E-state index >= 15 is 0 Å². The van der Waals surface area contributed by atoms with Gasteiger partial charge in [-0.2, -0.15) is 0 Å². The van der Waals surface area contributed by atoms with Crippen molar-refractivity contribution in [2.75, 3.05) is 26.2 Å².